The summed E-state index contributed by atoms with van der Waals surface area (Å²) in [6, 6.07) is 1.97. The Labute approximate surface area is 49.0 Å². The highest BCUT2D eigenvalue weighted by atomic mass is 16.5. The molecule has 0 heterocycles. The fourth-order valence-electron chi connectivity index (χ4n) is 0.278. The van der Waals surface area contributed by atoms with E-state index in [1.54, 1.807) is 6.92 Å². The van der Waals surface area contributed by atoms with E-state index in [-0.39, 0.29) is 5.92 Å². The van der Waals surface area contributed by atoms with Crippen LogP contribution in [0.5, 0.6) is 0 Å². The van der Waals surface area contributed by atoms with Crippen molar-refractivity contribution in [1.82, 2.24) is 0 Å². The molecule has 0 aliphatic heterocycles. The number of nitrogens with zero attached hydrogens (tertiary/aromatic N) is 1. The molecule has 3 heteroatoms. The summed E-state index contributed by atoms with van der Waals surface area (Å²) in [7, 11) is 1.48. The average Bonchev–Trinajstić information content (AvgIpc) is 1.84. The molecule has 0 aromatic carbocycles. The smallest absolute Gasteiger partial charge is 0.120 e. The molecule has 0 fully saturated rings. The molecule has 2 unspecified atom stereocenters. The number of nitriles is 1. The van der Waals surface area contributed by atoms with Crippen LogP contribution in [-0.2, 0) is 4.74 Å². The first-order chi connectivity index (χ1) is 3.72. The highest BCUT2D eigenvalue weighted by molar-refractivity contribution is 4.82. The molecular weight excluding hydrogens is 104 g/mol. The second-order valence-corrected chi connectivity index (χ2v) is 1.62. The third-order valence-electron chi connectivity index (χ3n) is 0.969. The Hall–Kier alpha value is -0.590. The molecule has 0 saturated heterocycles. The number of hydrogen-bond acceptors (Lipinski definition) is 3. The number of hydrogen-bond donors (Lipinski definition) is 1. The van der Waals surface area contributed by atoms with E-state index in [1.807, 2.05) is 6.07 Å². The molecule has 2 atom stereocenters. The van der Waals surface area contributed by atoms with E-state index < -0.39 is 6.23 Å². The minimum absolute atomic E-state index is 0.222. The van der Waals surface area contributed by atoms with Crippen LogP contribution in [0, 0.1) is 17.2 Å². The van der Waals surface area contributed by atoms with Gasteiger partial charge in [-0.1, -0.05) is 0 Å². The van der Waals surface area contributed by atoms with Gasteiger partial charge in [-0.2, -0.15) is 5.26 Å². The van der Waals surface area contributed by atoms with E-state index in [0.717, 1.165) is 0 Å². The lowest BCUT2D eigenvalue weighted by molar-refractivity contribution is 0.0822. The lowest BCUT2D eigenvalue weighted by Gasteiger charge is -2.09. The second kappa shape index (κ2) is 3.42. The molecule has 0 aliphatic carbocycles. The van der Waals surface area contributed by atoms with Crippen molar-refractivity contribution >= 4 is 0 Å². The molecule has 46 valence electrons. The standard InChI is InChI=1S/C5H10N2O/c1-4(3-6)5(7)8-2/h4-5H,7H2,1-2H3. The van der Waals surface area contributed by atoms with Crippen LogP contribution in [0.25, 0.3) is 0 Å². The summed E-state index contributed by atoms with van der Waals surface area (Å²) >= 11 is 0. The minimum atomic E-state index is -0.444. The number of methoxy groups -OCH3 is 1. The van der Waals surface area contributed by atoms with E-state index >= 15 is 0 Å². The first-order valence-corrected chi connectivity index (χ1v) is 2.40. The predicted molar refractivity (Wildman–Crippen MR) is 29.8 cm³/mol. The maximum Gasteiger partial charge on any atom is 0.120 e. The third kappa shape index (κ3) is 1.92. The summed E-state index contributed by atoms with van der Waals surface area (Å²) in [6.45, 7) is 1.72. The summed E-state index contributed by atoms with van der Waals surface area (Å²) in [4.78, 5) is 0. The Balaban J connectivity index is 3.49. The third-order valence-corrected chi connectivity index (χ3v) is 0.969. The summed E-state index contributed by atoms with van der Waals surface area (Å²) in [5, 5.41) is 8.23. The number of ether oxygens (including phenoxy) is 1. The van der Waals surface area contributed by atoms with Gasteiger partial charge in [0.25, 0.3) is 0 Å². The fraction of sp³-hybridized carbons (Fsp3) is 0.800. The lowest BCUT2D eigenvalue weighted by atomic mass is 10.2. The first-order valence-electron chi connectivity index (χ1n) is 2.40. The lowest BCUT2D eigenvalue weighted by Crippen LogP contribution is -2.28. The maximum atomic E-state index is 8.23. The molecule has 3 nitrogen and oxygen atoms in total. The molecule has 0 rings (SSSR count). The van der Waals surface area contributed by atoms with Gasteiger partial charge >= 0.3 is 0 Å². The van der Waals surface area contributed by atoms with Gasteiger partial charge in [-0.15, -0.1) is 0 Å². The summed E-state index contributed by atoms with van der Waals surface area (Å²) in [5.41, 5.74) is 5.28. The topological polar surface area (TPSA) is 59.0 Å². The second-order valence-electron chi connectivity index (χ2n) is 1.62. The van der Waals surface area contributed by atoms with Crippen LogP contribution in [0.2, 0.25) is 0 Å². The van der Waals surface area contributed by atoms with E-state index in [9.17, 15) is 0 Å². The molecule has 0 spiro atoms. The highest BCUT2D eigenvalue weighted by Crippen LogP contribution is 1.96. The van der Waals surface area contributed by atoms with Crippen molar-refractivity contribution in [3.8, 4) is 6.07 Å². The molecule has 0 bridgehead atoms. The van der Waals surface area contributed by atoms with Crippen molar-refractivity contribution in [2.24, 2.45) is 11.7 Å². The zero-order chi connectivity index (χ0) is 6.57. The summed E-state index contributed by atoms with van der Waals surface area (Å²) in [5.74, 6) is -0.222. The van der Waals surface area contributed by atoms with Gasteiger partial charge in [-0.3, -0.25) is 0 Å². The molecule has 0 radical (unpaired) electrons. The summed E-state index contributed by atoms with van der Waals surface area (Å²) in [6.07, 6.45) is -0.444. The van der Waals surface area contributed by atoms with Crippen LogP contribution in [0.1, 0.15) is 6.92 Å². The van der Waals surface area contributed by atoms with Gasteiger partial charge in [0.1, 0.15) is 6.23 Å². The van der Waals surface area contributed by atoms with E-state index in [1.165, 1.54) is 7.11 Å². The van der Waals surface area contributed by atoms with Crippen molar-refractivity contribution in [2.45, 2.75) is 13.2 Å². The Bertz CT molecular complexity index is 97.1. The normalized spacial score (nSPS) is 16.8. The van der Waals surface area contributed by atoms with Crippen LogP contribution >= 0.6 is 0 Å². The van der Waals surface area contributed by atoms with E-state index in [2.05, 4.69) is 4.74 Å². The summed E-state index contributed by atoms with van der Waals surface area (Å²) < 4.78 is 4.66. The molecular formula is C5H10N2O. The first kappa shape index (κ1) is 7.41. The largest absolute Gasteiger partial charge is 0.365 e. The van der Waals surface area contributed by atoms with E-state index in [4.69, 9.17) is 11.0 Å². The molecule has 8 heavy (non-hydrogen) atoms. The minimum Gasteiger partial charge on any atom is -0.365 e. The van der Waals surface area contributed by atoms with Crippen molar-refractivity contribution in [3.05, 3.63) is 0 Å². The van der Waals surface area contributed by atoms with Gasteiger partial charge < -0.3 is 10.5 Å². The van der Waals surface area contributed by atoms with Crippen LogP contribution in [0.15, 0.2) is 0 Å². The van der Waals surface area contributed by atoms with Gasteiger partial charge in [-0.05, 0) is 6.92 Å². The van der Waals surface area contributed by atoms with Gasteiger partial charge in [0.2, 0.25) is 0 Å². The van der Waals surface area contributed by atoms with Crippen molar-refractivity contribution < 1.29 is 4.74 Å². The van der Waals surface area contributed by atoms with Crippen LogP contribution in [-0.4, -0.2) is 13.3 Å². The van der Waals surface area contributed by atoms with Gasteiger partial charge in [0.15, 0.2) is 0 Å². The van der Waals surface area contributed by atoms with Crippen LogP contribution < -0.4 is 5.73 Å². The molecule has 0 aromatic rings. The molecule has 2 N–H and O–H groups in total. The quantitative estimate of drug-likeness (QED) is 0.517. The molecule has 0 aromatic heterocycles. The molecule has 0 aliphatic rings. The Morgan fingerprint density at radius 2 is 2.25 bits per heavy atom. The van der Waals surface area contributed by atoms with Crippen LogP contribution in [0.4, 0.5) is 0 Å². The Morgan fingerprint density at radius 3 is 2.38 bits per heavy atom. The zero-order valence-corrected chi connectivity index (χ0v) is 5.09. The van der Waals surface area contributed by atoms with Crippen molar-refractivity contribution in [3.63, 3.8) is 0 Å². The Morgan fingerprint density at radius 1 is 1.75 bits per heavy atom. The van der Waals surface area contributed by atoms with Gasteiger partial charge in [0, 0.05) is 7.11 Å². The average molecular weight is 114 g/mol. The monoisotopic (exact) mass is 114 g/mol. The Kier molecular flexibility index (Phi) is 3.16. The maximum absolute atomic E-state index is 8.23. The molecule has 0 amide bonds. The SMILES string of the molecule is COC(N)C(C)C#N. The fourth-order valence-corrected chi connectivity index (χ4v) is 0.278. The highest BCUT2D eigenvalue weighted by Gasteiger charge is 2.08. The zero-order valence-electron chi connectivity index (χ0n) is 5.09. The number of rotatable bonds is 2. The van der Waals surface area contributed by atoms with Crippen molar-refractivity contribution in [2.75, 3.05) is 7.11 Å². The number of nitrogens with two attached hydrogens (primary N) is 1. The van der Waals surface area contributed by atoms with Gasteiger partial charge in [-0.25, -0.2) is 0 Å². The molecule has 0 saturated carbocycles. The predicted octanol–water partition coefficient (Wildman–Crippen LogP) is 0.0773. The van der Waals surface area contributed by atoms with Crippen molar-refractivity contribution in [1.29, 1.82) is 5.26 Å². The van der Waals surface area contributed by atoms with Crippen LogP contribution in [0.3, 0.4) is 0 Å². The van der Waals surface area contributed by atoms with E-state index in [0.29, 0.717) is 0 Å². The van der Waals surface area contributed by atoms with Gasteiger partial charge in [0.05, 0.1) is 12.0 Å².